The Labute approximate surface area is 142 Å². The minimum atomic E-state index is -0.572. The first kappa shape index (κ1) is 18.0. The molecule has 0 saturated heterocycles. The predicted octanol–water partition coefficient (Wildman–Crippen LogP) is 2.58. The van der Waals surface area contributed by atoms with Crippen LogP contribution in [0.5, 0.6) is 0 Å². The molecular formula is C19H24N2O3. The largest absolute Gasteiger partial charge is 0.391 e. The summed E-state index contributed by atoms with van der Waals surface area (Å²) < 4.78 is 4.88. The summed E-state index contributed by atoms with van der Waals surface area (Å²) in [5.41, 5.74) is 2.44. The van der Waals surface area contributed by atoms with E-state index < -0.39 is 6.10 Å². The van der Waals surface area contributed by atoms with E-state index in [1.807, 2.05) is 60.5 Å². The van der Waals surface area contributed by atoms with Crippen molar-refractivity contribution in [1.82, 2.24) is 5.32 Å². The smallest absolute Gasteiger partial charge is 0.253 e. The highest BCUT2D eigenvalue weighted by Crippen LogP contribution is 2.26. The second kappa shape index (κ2) is 9.05. The number of anilines is 2. The standard InChI is InChI=1S/C19H24N2O3/c1-21(15-8-4-3-5-9-15)18-11-7-6-10-17(18)19(23)20-13-12-16(22)14-24-2/h3-11,16,22H,12-14H2,1-2H3,(H,20,23). The molecule has 2 aromatic carbocycles. The third-order valence-electron chi connectivity index (χ3n) is 3.78. The van der Waals surface area contributed by atoms with Gasteiger partial charge in [0.25, 0.3) is 5.91 Å². The van der Waals surface area contributed by atoms with Crippen LogP contribution in [-0.4, -0.2) is 44.4 Å². The van der Waals surface area contributed by atoms with Gasteiger partial charge in [0, 0.05) is 26.4 Å². The van der Waals surface area contributed by atoms with E-state index in [2.05, 4.69) is 5.32 Å². The number of carbonyl (C=O) groups is 1. The van der Waals surface area contributed by atoms with Crippen molar-refractivity contribution in [3.8, 4) is 0 Å². The zero-order chi connectivity index (χ0) is 17.4. The number of ether oxygens (including phenoxy) is 1. The van der Waals surface area contributed by atoms with Crippen molar-refractivity contribution in [1.29, 1.82) is 0 Å². The number of hydrogen-bond donors (Lipinski definition) is 2. The minimum Gasteiger partial charge on any atom is -0.391 e. The van der Waals surface area contributed by atoms with E-state index in [-0.39, 0.29) is 12.5 Å². The van der Waals surface area contributed by atoms with Crippen LogP contribution in [-0.2, 0) is 4.74 Å². The van der Waals surface area contributed by atoms with Crippen LogP contribution < -0.4 is 10.2 Å². The molecule has 0 aliphatic heterocycles. The third kappa shape index (κ3) is 4.81. The molecule has 0 aliphatic carbocycles. The van der Waals surface area contributed by atoms with Crippen molar-refractivity contribution >= 4 is 17.3 Å². The van der Waals surface area contributed by atoms with Gasteiger partial charge in [-0.15, -0.1) is 0 Å². The molecule has 0 heterocycles. The van der Waals surface area contributed by atoms with Crippen LogP contribution in [0, 0.1) is 0 Å². The number of carbonyl (C=O) groups excluding carboxylic acids is 1. The molecule has 0 fully saturated rings. The number of amides is 1. The van der Waals surface area contributed by atoms with Crippen LogP contribution in [0.25, 0.3) is 0 Å². The molecule has 1 unspecified atom stereocenters. The molecule has 24 heavy (non-hydrogen) atoms. The second-order valence-electron chi connectivity index (χ2n) is 5.57. The molecule has 0 aliphatic rings. The average Bonchev–Trinajstić information content (AvgIpc) is 2.62. The van der Waals surface area contributed by atoms with Crippen LogP contribution in [0.15, 0.2) is 54.6 Å². The number of methoxy groups -OCH3 is 1. The van der Waals surface area contributed by atoms with Gasteiger partial charge in [-0.2, -0.15) is 0 Å². The fraction of sp³-hybridized carbons (Fsp3) is 0.316. The SMILES string of the molecule is COCC(O)CCNC(=O)c1ccccc1N(C)c1ccccc1. The van der Waals surface area contributed by atoms with Crippen molar-refractivity contribution in [2.75, 3.05) is 32.2 Å². The average molecular weight is 328 g/mol. The number of nitrogens with one attached hydrogen (secondary N) is 1. The summed E-state index contributed by atoms with van der Waals surface area (Å²) in [6.45, 7) is 0.663. The van der Waals surface area contributed by atoms with Crippen molar-refractivity contribution in [3.05, 3.63) is 60.2 Å². The lowest BCUT2D eigenvalue weighted by Gasteiger charge is -2.22. The summed E-state index contributed by atoms with van der Waals surface area (Å²) in [6, 6.07) is 17.4. The Hall–Kier alpha value is -2.37. The van der Waals surface area contributed by atoms with Crippen molar-refractivity contribution in [2.45, 2.75) is 12.5 Å². The fourth-order valence-corrected chi connectivity index (χ4v) is 2.47. The first-order valence-electron chi connectivity index (χ1n) is 7.96. The number of benzene rings is 2. The highest BCUT2D eigenvalue weighted by Gasteiger charge is 2.15. The predicted molar refractivity (Wildman–Crippen MR) is 95.8 cm³/mol. The number of aliphatic hydroxyl groups is 1. The Morgan fingerprint density at radius 2 is 1.83 bits per heavy atom. The van der Waals surface area contributed by atoms with E-state index in [0.717, 1.165) is 11.4 Å². The van der Waals surface area contributed by atoms with E-state index in [0.29, 0.717) is 18.5 Å². The van der Waals surface area contributed by atoms with Gasteiger partial charge >= 0.3 is 0 Å². The molecule has 2 N–H and O–H groups in total. The van der Waals surface area contributed by atoms with E-state index in [9.17, 15) is 9.90 Å². The van der Waals surface area contributed by atoms with Crippen LogP contribution in [0.4, 0.5) is 11.4 Å². The van der Waals surface area contributed by atoms with Gasteiger partial charge < -0.3 is 20.1 Å². The summed E-state index contributed by atoms with van der Waals surface area (Å²) in [7, 11) is 3.47. The molecule has 0 aromatic heterocycles. The molecule has 0 radical (unpaired) electrons. The van der Waals surface area contributed by atoms with E-state index in [4.69, 9.17) is 4.74 Å². The molecule has 5 nitrogen and oxygen atoms in total. The molecular weight excluding hydrogens is 304 g/mol. The summed E-state index contributed by atoms with van der Waals surface area (Å²) in [4.78, 5) is 14.5. The van der Waals surface area contributed by atoms with Gasteiger partial charge in [0.2, 0.25) is 0 Å². The zero-order valence-corrected chi connectivity index (χ0v) is 14.1. The van der Waals surface area contributed by atoms with E-state index in [1.54, 1.807) is 6.07 Å². The number of para-hydroxylation sites is 2. The van der Waals surface area contributed by atoms with Crippen LogP contribution in [0.2, 0.25) is 0 Å². The van der Waals surface area contributed by atoms with Crippen molar-refractivity contribution < 1.29 is 14.6 Å². The summed E-state index contributed by atoms with van der Waals surface area (Å²) in [6.07, 6.45) is -0.117. The van der Waals surface area contributed by atoms with E-state index in [1.165, 1.54) is 7.11 Å². The Balaban J connectivity index is 2.07. The molecule has 1 atom stereocenters. The maximum atomic E-state index is 12.5. The minimum absolute atomic E-state index is 0.155. The Kier molecular flexibility index (Phi) is 6.78. The maximum absolute atomic E-state index is 12.5. The lowest BCUT2D eigenvalue weighted by Crippen LogP contribution is -2.29. The first-order chi connectivity index (χ1) is 11.6. The van der Waals surface area contributed by atoms with Crippen molar-refractivity contribution in [3.63, 3.8) is 0 Å². The Morgan fingerprint density at radius 3 is 2.54 bits per heavy atom. The summed E-state index contributed by atoms with van der Waals surface area (Å²) >= 11 is 0. The fourth-order valence-electron chi connectivity index (χ4n) is 2.47. The highest BCUT2D eigenvalue weighted by atomic mass is 16.5. The molecule has 2 aromatic rings. The Morgan fingerprint density at radius 1 is 1.17 bits per heavy atom. The zero-order valence-electron chi connectivity index (χ0n) is 14.1. The van der Waals surface area contributed by atoms with Crippen LogP contribution in [0.1, 0.15) is 16.8 Å². The maximum Gasteiger partial charge on any atom is 0.253 e. The lowest BCUT2D eigenvalue weighted by atomic mass is 10.1. The Bertz CT molecular complexity index is 646. The topological polar surface area (TPSA) is 61.8 Å². The number of hydrogen-bond acceptors (Lipinski definition) is 4. The molecule has 0 saturated carbocycles. The number of rotatable bonds is 8. The van der Waals surface area contributed by atoms with Gasteiger partial charge in [-0.05, 0) is 30.7 Å². The quantitative estimate of drug-likeness (QED) is 0.782. The molecule has 128 valence electrons. The monoisotopic (exact) mass is 328 g/mol. The number of nitrogens with zero attached hydrogens (tertiary/aromatic N) is 1. The molecule has 1 amide bonds. The van der Waals surface area contributed by atoms with Gasteiger partial charge in [-0.1, -0.05) is 30.3 Å². The van der Waals surface area contributed by atoms with Gasteiger partial charge in [0.05, 0.1) is 24.0 Å². The molecule has 0 spiro atoms. The third-order valence-corrected chi connectivity index (χ3v) is 3.78. The van der Waals surface area contributed by atoms with Crippen molar-refractivity contribution in [2.24, 2.45) is 0 Å². The normalized spacial score (nSPS) is 11.8. The molecule has 5 heteroatoms. The second-order valence-corrected chi connectivity index (χ2v) is 5.57. The van der Waals surface area contributed by atoms with Gasteiger partial charge in [0.1, 0.15) is 0 Å². The lowest BCUT2D eigenvalue weighted by molar-refractivity contribution is 0.0588. The summed E-state index contributed by atoms with van der Waals surface area (Å²) in [5, 5.41) is 12.5. The van der Waals surface area contributed by atoms with E-state index >= 15 is 0 Å². The molecule has 0 bridgehead atoms. The number of aliphatic hydroxyl groups excluding tert-OH is 1. The molecule has 2 rings (SSSR count). The van der Waals surface area contributed by atoms with Crippen LogP contribution >= 0.6 is 0 Å². The highest BCUT2D eigenvalue weighted by molar-refractivity contribution is 6.00. The van der Waals surface area contributed by atoms with Gasteiger partial charge in [-0.25, -0.2) is 0 Å². The van der Waals surface area contributed by atoms with Crippen LogP contribution in [0.3, 0.4) is 0 Å². The first-order valence-corrected chi connectivity index (χ1v) is 7.96. The summed E-state index contributed by atoms with van der Waals surface area (Å²) in [5.74, 6) is -0.155. The van der Waals surface area contributed by atoms with Gasteiger partial charge in [-0.3, -0.25) is 4.79 Å². The van der Waals surface area contributed by atoms with Gasteiger partial charge in [0.15, 0.2) is 0 Å².